The van der Waals surface area contributed by atoms with Crippen LogP contribution in [0.1, 0.15) is 104 Å². The average Bonchev–Trinajstić information content (AvgIpc) is 2.52. The summed E-state index contributed by atoms with van der Waals surface area (Å²) < 4.78 is 26.9. The van der Waals surface area contributed by atoms with E-state index < -0.39 is 10.1 Å². The molecule has 6 heteroatoms. The SMILES string of the molecule is CCCCCCCCCCCCCCCC[S-].CCS(=O)(=O)O.[Na+]. The minimum absolute atomic E-state index is 0. The summed E-state index contributed by atoms with van der Waals surface area (Å²) in [5.74, 6) is 0.755. The minimum atomic E-state index is -3.66. The van der Waals surface area contributed by atoms with Gasteiger partial charge in [0.05, 0.1) is 5.75 Å². The van der Waals surface area contributed by atoms with E-state index in [0.717, 1.165) is 5.75 Å². The second-order valence-corrected chi connectivity index (χ2v) is 8.32. The average molecular weight is 391 g/mol. The second-order valence-electron chi connectivity index (χ2n) is 6.17. The van der Waals surface area contributed by atoms with Gasteiger partial charge in [-0.05, 0) is 6.92 Å². The second kappa shape index (κ2) is 24.3. The largest absolute Gasteiger partial charge is 1.00 e. The number of rotatable bonds is 15. The van der Waals surface area contributed by atoms with Crippen LogP contribution in [0.25, 0.3) is 0 Å². The minimum Gasteiger partial charge on any atom is -0.793 e. The molecule has 0 unspecified atom stereocenters. The summed E-state index contributed by atoms with van der Waals surface area (Å²) in [7, 11) is -3.66. The third kappa shape index (κ3) is 34.6. The fourth-order valence-electron chi connectivity index (χ4n) is 2.30. The third-order valence-corrected chi connectivity index (χ3v) is 4.88. The Morgan fingerprint density at radius 1 is 0.667 bits per heavy atom. The zero-order valence-electron chi connectivity index (χ0n) is 16.4. The molecule has 24 heavy (non-hydrogen) atoms. The molecule has 3 nitrogen and oxygen atoms in total. The van der Waals surface area contributed by atoms with Crippen molar-refractivity contribution in [2.45, 2.75) is 104 Å². The summed E-state index contributed by atoms with van der Waals surface area (Å²) >= 11 is 4.94. The first-order valence-electron chi connectivity index (χ1n) is 9.51. The Balaban J connectivity index is -0.000000538. The summed E-state index contributed by atoms with van der Waals surface area (Å²) in [6, 6.07) is 0. The van der Waals surface area contributed by atoms with E-state index in [4.69, 9.17) is 17.2 Å². The van der Waals surface area contributed by atoms with Crippen LogP contribution in [0.5, 0.6) is 0 Å². The van der Waals surface area contributed by atoms with Gasteiger partial charge in [-0.15, -0.1) is 0 Å². The molecule has 0 aliphatic carbocycles. The molecule has 0 heterocycles. The van der Waals surface area contributed by atoms with Crippen LogP contribution >= 0.6 is 0 Å². The van der Waals surface area contributed by atoms with E-state index in [1.807, 2.05) is 0 Å². The predicted octanol–water partition coefficient (Wildman–Crippen LogP) is 2.91. The van der Waals surface area contributed by atoms with Crippen LogP contribution in [0.3, 0.4) is 0 Å². The van der Waals surface area contributed by atoms with Crippen LogP contribution in [0.2, 0.25) is 0 Å². The summed E-state index contributed by atoms with van der Waals surface area (Å²) in [6.07, 6.45) is 20.0. The molecule has 0 aliphatic heterocycles. The van der Waals surface area contributed by atoms with E-state index in [0.29, 0.717) is 0 Å². The van der Waals surface area contributed by atoms with Crippen molar-refractivity contribution in [2.24, 2.45) is 0 Å². The van der Waals surface area contributed by atoms with Crippen molar-refractivity contribution in [3.8, 4) is 0 Å². The van der Waals surface area contributed by atoms with Crippen molar-refractivity contribution in [3.05, 3.63) is 0 Å². The van der Waals surface area contributed by atoms with Gasteiger partial charge in [0.15, 0.2) is 0 Å². The predicted molar refractivity (Wildman–Crippen MR) is 105 cm³/mol. The number of unbranched alkanes of at least 4 members (excludes halogenated alkanes) is 13. The Hall–Kier alpha value is 1.26. The van der Waals surface area contributed by atoms with Crippen molar-refractivity contribution in [1.82, 2.24) is 0 Å². The van der Waals surface area contributed by atoms with Crippen LogP contribution in [0.4, 0.5) is 0 Å². The van der Waals surface area contributed by atoms with E-state index in [1.165, 1.54) is 96.8 Å². The van der Waals surface area contributed by atoms with Crippen LogP contribution in [-0.2, 0) is 22.7 Å². The molecule has 0 radical (unpaired) electrons. The molecule has 0 fully saturated rings. The first-order valence-corrected chi connectivity index (χ1v) is 11.7. The van der Waals surface area contributed by atoms with Crippen LogP contribution in [-0.4, -0.2) is 24.5 Å². The maximum absolute atomic E-state index is 9.56. The van der Waals surface area contributed by atoms with Gasteiger partial charge < -0.3 is 12.6 Å². The molecule has 0 amide bonds. The van der Waals surface area contributed by atoms with Gasteiger partial charge in [-0.1, -0.05) is 96.8 Å². The maximum atomic E-state index is 9.56. The normalized spacial score (nSPS) is 10.7. The van der Waals surface area contributed by atoms with Crippen molar-refractivity contribution in [1.29, 1.82) is 0 Å². The Kier molecular flexibility index (Phi) is 30.3. The van der Waals surface area contributed by atoms with Crippen molar-refractivity contribution in [2.75, 3.05) is 11.5 Å². The molecule has 0 atom stereocenters. The van der Waals surface area contributed by atoms with Gasteiger partial charge in [0.2, 0.25) is 0 Å². The number of hydrogen-bond acceptors (Lipinski definition) is 3. The molecule has 0 saturated carbocycles. The van der Waals surface area contributed by atoms with Crippen molar-refractivity contribution >= 4 is 22.7 Å². The van der Waals surface area contributed by atoms with Gasteiger partial charge >= 0.3 is 29.6 Å². The van der Waals surface area contributed by atoms with E-state index in [9.17, 15) is 8.42 Å². The van der Waals surface area contributed by atoms with E-state index in [-0.39, 0.29) is 35.3 Å². The maximum Gasteiger partial charge on any atom is 1.00 e. The molecule has 0 aliphatic rings. The van der Waals surface area contributed by atoms with Gasteiger partial charge in [-0.3, -0.25) is 4.55 Å². The molecule has 0 saturated heterocycles. The molecular formula is C18H39NaO3S2. The molecule has 142 valence electrons. The van der Waals surface area contributed by atoms with Crippen LogP contribution in [0, 0.1) is 0 Å². The van der Waals surface area contributed by atoms with E-state index in [2.05, 4.69) is 6.92 Å². The van der Waals surface area contributed by atoms with Gasteiger partial charge in [0, 0.05) is 0 Å². The summed E-state index contributed by atoms with van der Waals surface area (Å²) in [4.78, 5) is 0. The Labute approximate surface area is 179 Å². The van der Waals surface area contributed by atoms with Gasteiger partial charge in [0.1, 0.15) is 0 Å². The van der Waals surface area contributed by atoms with Crippen molar-refractivity contribution in [3.63, 3.8) is 0 Å². The van der Waals surface area contributed by atoms with E-state index in [1.54, 1.807) is 0 Å². The van der Waals surface area contributed by atoms with Gasteiger partial charge in [-0.25, -0.2) is 0 Å². The molecule has 0 aromatic rings. The quantitative estimate of drug-likeness (QED) is 0.202. The first-order chi connectivity index (χ1) is 11.0. The number of hydrogen-bond donors (Lipinski definition) is 1. The third-order valence-electron chi connectivity index (χ3n) is 3.86. The molecule has 0 aromatic carbocycles. The molecule has 0 spiro atoms. The monoisotopic (exact) mass is 390 g/mol. The molecule has 0 rings (SSSR count). The Bertz CT molecular complexity index is 295. The van der Waals surface area contributed by atoms with Crippen molar-refractivity contribution < 1.29 is 42.5 Å². The fraction of sp³-hybridized carbons (Fsp3) is 1.00. The molecule has 0 aromatic heterocycles. The van der Waals surface area contributed by atoms with E-state index >= 15 is 0 Å². The fourth-order valence-corrected chi connectivity index (χ4v) is 2.50. The first kappa shape index (κ1) is 30.0. The summed E-state index contributed by atoms with van der Waals surface area (Å²) in [5.41, 5.74) is 0. The topological polar surface area (TPSA) is 54.4 Å². The summed E-state index contributed by atoms with van der Waals surface area (Å²) in [5, 5.41) is 0. The van der Waals surface area contributed by atoms with Gasteiger partial charge in [0.25, 0.3) is 10.1 Å². The standard InChI is InChI=1S/C16H34S.C2H6O3S.Na/c1-2-3-4-5-6-7-8-9-10-11-12-13-14-15-16-17;1-2-6(3,4)5;/h17H,2-16H2,1H3;2H2,1H3,(H,3,4,5);/q;;+1/p-1. The van der Waals surface area contributed by atoms with Crippen LogP contribution in [0.15, 0.2) is 0 Å². The molecular weight excluding hydrogens is 351 g/mol. The summed E-state index contributed by atoms with van der Waals surface area (Å²) in [6.45, 7) is 3.66. The smallest absolute Gasteiger partial charge is 0.793 e. The molecule has 1 N–H and O–H groups in total. The Morgan fingerprint density at radius 3 is 1.12 bits per heavy atom. The van der Waals surface area contributed by atoms with Gasteiger partial charge in [-0.2, -0.15) is 14.2 Å². The zero-order chi connectivity index (χ0) is 17.8. The van der Waals surface area contributed by atoms with Crippen LogP contribution < -0.4 is 29.6 Å². The Morgan fingerprint density at radius 2 is 0.917 bits per heavy atom. The zero-order valence-corrected chi connectivity index (χ0v) is 20.0. The molecule has 0 bridgehead atoms.